The van der Waals surface area contributed by atoms with Crippen LogP contribution in [0.2, 0.25) is 0 Å². The van der Waals surface area contributed by atoms with E-state index in [1.54, 1.807) is 0 Å². The van der Waals surface area contributed by atoms with Crippen molar-refractivity contribution < 1.29 is 4.79 Å². The number of benzene rings is 1. The van der Waals surface area contributed by atoms with Crippen molar-refractivity contribution >= 4 is 39.7 Å². The molecular formula is C19H22N4O2S2. The topological polar surface area (TPSA) is 76.4 Å². The van der Waals surface area contributed by atoms with E-state index in [-0.39, 0.29) is 17.4 Å². The summed E-state index contributed by atoms with van der Waals surface area (Å²) in [6.07, 6.45) is 0. The lowest BCUT2D eigenvalue weighted by Crippen LogP contribution is -2.17. The number of anilines is 1. The van der Waals surface area contributed by atoms with E-state index >= 15 is 0 Å². The number of hydrogen-bond acceptors (Lipinski definition) is 6. The molecule has 1 aromatic carbocycles. The Morgan fingerprint density at radius 3 is 2.78 bits per heavy atom. The molecule has 0 radical (unpaired) electrons. The highest BCUT2D eigenvalue weighted by molar-refractivity contribution is 7.99. The molecule has 0 atom stereocenters. The summed E-state index contributed by atoms with van der Waals surface area (Å²) in [6, 6.07) is 7.42. The number of carbonyl (C=O) groups excluding carboxylic acids is 1. The van der Waals surface area contributed by atoms with Crippen LogP contribution in [0.5, 0.6) is 0 Å². The quantitative estimate of drug-likeness (QED) is 0.679. The molecule has 1 amide bonds. The van der Waals surface area contributed by atoms with Gasteiger partial charge in [-0.05, 0) is 25.5 Å². The first kappa shape index (κ1) is 19.6. The highest BCUT2D eigenvalue weighted by atomic mass is 32.2. The van der Waals surface area contributed by atoms with Crippen LogP contribution in [0.25, 0.3) is 4.96 Å². The highest BCUT2D eigenvalue weighted by Gasteiger charge is 2.12. The molecular weight excluding hydrogens is 380 g/mol. The van der Waals surface area contributed by atoms with E-state index in [0.717, 1.165) is 21.8 Å². The lowest BCUT2D eigenvalue weighted by atomic mass is 10.1. The van der Waals surface area contributed by atoms with Gasteiger partial charge in [-0.2, -0.15) is 9.61 Å². The monoisotopic (exact) mass is 402 g/mol. The second-order valence-corrected chi connectivity index (χ2v) is 8.71. The van der Waals surface area contributed by atoms with E-state index in [4.69, 9.17) is 0 Å². The second-order valence-electron chi connectivity index (χ2n) is 6.73. The van der Waals surface area contributed by atoms with Gasteiger partial charge in [-0.3, -0.25) is 9.59 Å². The Balaban J connectivity index is 1.61. The minimum atomic E-state index is -0.182. The molecule has 1 N–H and O–H groups in total. The first-order chi connectivity index (χ1) is 12.8. The van der Waals surface area contributed by atoms with Crippen molar-refractivity contribution in [3.8, 4) is 0 Å². The van der Waals surface area contributed by atoms with Crippen molar-refractivity contribution in [2.45, 2.75) is 39.4 Å². The number of hydrogen-bond donors (Lipinski definition) is 1. The SMILES string of the molecule is Cc1ccc(NC(=O)CSCc2cc(=O)n3nc(C(C)C)sc3n2)c(C)c1. The van der Waals surface area contributed by atoms with Crippen molar-refractivity contribution in [3.05, 3.63) is 56.4 Å². The minimum absolute atomic E-state index is 0.0652. The van der Waals surface area contributed by atoms with Gasteiger partial charge >= 0.3 is 0 Å². The molecule has 0 unspecified atom stereocenters. The average Bonchev–Trinajstić information content (AvgIpc) is 3.02. The summed E-state index contributed by atoms with van der Waals surface area (Å²) in [5.74, 6) is 0.988. The lowest BCUT2D eigenvalue weighted by molar-refractivity contribution is -0.113. The number of amides is 1. The highest BCUT2D eigenvalue weighted by Crippen LogP contribution is 2.21. The average molecular weight is 403 g/mol. The van der Waals surface area contributed by atoms with E-state index < -0.39 is 0 Å². The van der Waals surface area contributed by atoms with Gasteiger partial charge in [0.05, 0.1) is 11.4 Å². The third-order valence-electron chi connectivity index (χ3n) is 3.95. The van der Waals surface area contributed by atoms with Crippen LogP contribution in [0.1, 0.15) is 41.6 Å². The van der Waals surface area contributed by atoms with Crippen LogP contribution in [0, 0.1) is 13.8 Å². The molecule has 0 spiro atoms. The summed E-state index contributed by atoms with van der Waals surface area (Å²) in [5.41, 5.74) is 3.52. The standard InChI is InChI=1S/C19H22N4O2S2/c1-11(2)18-22-23-17(25)8-14(20-19(23)27-18)9-26-10-16(24)21-15-6-5-12(3)7-13(15)4/h5-8,11H,9-10H2,1-4H3,(H,21,24). The molecule has 0 aliphatic carbocycles. The Morgan fingerprint density at radius 1 is 1.30 bits per heavy atom. The van der Waals surface area contributed by atoms with E-state index in [2.05, 4.69) is 15.4 Å². The Labute approximate surface area is 166 Å². The fourth-order valence-electron chi connectivity index (χ4n) is 2.57. The summed E-state index contributed by atoms with van der Waals surface area (Å²) in [6.45, 7) is 8.07. The number of aromatic nitrogens is 3. The summed E-state index contributed by atoms with van der Waals surface area (Å²) in [4.78, 5) is 29.5. The van der Waals surface area contributed by atoms with Crippen LogP contribution in [-0.2, 0) is 10.5 Å². The molecule has 0 saturated carbocycles. The number of aryl methyl sites for hydroxylation is 2. The molecule has 8 heteroatoms. The third kappa shape index (κ3) is 4.75. The van der Waals surface area contributed by atoms with Crippen LogP contribution in [0.15, 0.2) is 29.1 Å². The zero-order valence-corrected chi connectivity index (χ0v) is 17.4. The maximum absolute atomic E-state index is 12.2. The lowest BCUT2D eigenvalue weighted by Gasteiger charge is -2.09. The first-order valence-corrected chi connectivity index (χ1v) is 10.6. The Bertz CT molecular complexity index is 1040. The van der Waals surface area contributed by atoms with Gasteiger partial charge < -0.3 is 5.32 Å². The molecule has 142 valence electrons. The number of nitrogens with one attached hydrogen (secondary N) is 1. The fraction of sp³-hybridized carbons (Fsp3) is 0.368. The molecule has 27 heavy (non-hydrogen) atoms. The molecule has 0 fully saturated rings. The molecule has 2 aromatic heterocycles. The number of carbonyl (C=O) groups is 1. The Morgan fingerprint density at radius 2 is 2.07 bits per heavy atom. The van der Waals surface area contributed by atoms with Gasteiger partial charge in [0.15, 0.2) is 0 Å². The molecule has 6 nitrogen and oxygen atoms in total. The van der Waals surface area contributed by atoms with E-state index in [9.17, 15) is 9.59 Å². The molecule has 3 rings (SSSR count). The molecule has 0 aliphatic heterocycles. The first-order valence-electron chi connectivity index (χ1n) is 8.68. The number of rotatable bonds is 6. The zero-order valence-electron chi connectivity index (χ0n) is 15.8. The molecule has 2 heterocycles. The van der Waals surface area contributed by atoms with E-state index in [1.807, 2.05) is 45.9 Å². The maximum Gasteiger partial charge on any atom is 0.275 e. The zero-order chi connectivity index (χ0) is 19.6. The van der Waals surface area contributed by atoms with Gasteiger partial charge in [0.1, 0.15) is 5.01 Å². The van der Waals surface area contributed by atoms with Crippen LogP contribution >= 0.6 is 23.1 Å². The van der Waals surface area contributed by atoms with Crippen LogP contribution < -0.4 is 10.9 Å². The third-order valence-corrected chi connectivity index (χ3v) is 6.12. The van der Waals surface area contributed by atoms with Gasteiger partial charge in [-0.15, -0.1) is 11.8 Å². The number of fused-ring (bicyclic) bond motifs is 1. The Hall–Kier alpha value is -2.19. The van der Waals surface area contributed by atoms with Crippen molar-refractivity contribution in [2.75, 3.05) is 11.1 Å². The fourth-order valence-corrected chi connectivity index (χ4v) is 4.21. The van der Waals surface area contributed by atoms with Crippen molar-refractivity contribution in [2.24, 2.45) is 0 Å². The summed E-state index contributed by atoms with van der Waals surface area (Å²) in [7, 11) is 0. The van der Waals surface area contributed by atoms with Gasteiger partial charge in [-0.25, -0.2) is 4.98 Å². The molecule has 3 aromatic rings. The predicted molar refractivity (Wildman–Crippen MR) is 112 cm³/mol. The number of nitrogens with zero attached hydrogens (tertiary/aromatic N) is 3. The van der Waals surface area contributed by atoms with E-state index in [1.165, 1.54) is 33.7 Å². The molecule has 0 bridgehead atoms. The normalized spacial score (nSPS) is 11.3. The van der Waals surface area contributed by atoms with Crippen molar-refractivity contribution in [3.63, 3.8) is 0 Å². The van der Waals surface area contributed by atoms with Gasteiger partial charge in [-0.1, -0.05) is 42.9 Å². The van der Waals surface area contributed by atoms with Crippen molar-refractivity contribution in [1.82, 2.24) is 14.6 Å². The van der Waals surface area contributed by atoms with Crippen LogP contribution in [0.4, 0.5) is 5.69 Å². The van der Waals surface area contributed by atoms with Gasteiger partial charge in [0.2, 0.25) is 10.9 Å². The molecule has 0 aliphatic rings. The number of thioether (sulfide) groups is 1. The van der Waals surface area contributed by atoms with E-state index in [0.29, 0.717) is 22.2 Å². The van der Waals surface area contributed by atoms with Gasteiger partial charge in [0.25, 0.3) is 5.56 Å². The predicted octanol–water partition coefficient (Wildman–Crippen LogP) is 3.76. The minimum Gasteiger partial charge on any atom is -0.325 e. The summed E-state index contributed by atoms with van der Waals surface area (Å²) in [5, 5.41) is 8.12. The van der Waals surface area contributed by atoms with Crippen LogP contribution in [-0.4, -0.2) is 26.3 Å². The van der Waals surface area contributed by atoms with Crippen LogP contribution in [0.3, 0.4) is 0 Å². The maximum atomic E-state index is 12.2. The van der Waals surface area contributed by atoms with Gasteiger partial charge in [0, 0.05) is 23.4 Å². The Kier molecular flexibility index (Phi) is 5.96. The summed E-state index contributed by atoms with van der Waals surface area (Å²) < 4.78 is 1.35. The smallest absolute Gasteiger partial charge is 0.275 e. The summed E-state index contributed by atoms with van der Waals surface area (Å²) >= 11 is 2.86. The second kappa shape index (κ2) is 8.22. The van der Waals surface area contributed by atoms with Crippen molar-refractivity contribution in [1.29, 1.82) is 0 Å². The largest absolute Gasteiger partial charge is 0.325 e. The molecule has 0 saturated heterocycles.